The Morgan fingerprint density at radius 1 is 1.07 bits per heavy atom. The Labute approximate surface area is 154 Å². The molecule has 0 aliphatic carbocycles. The van der Waals surface area contributed by atoms with Gasteiger partial charge in [0.05, 0.1) is 13.2 Å². The van der Waals surface area contributed by atoms with Gasteiger partial charge in [0, 0.05) is 49.0 Å². The van der Waals surface area contributed by atoms with Gasteiger partial charge in [-0.1, -0.05) is 0 Å². The second-order valence-corrected chi connectivity index (χ2v) is 6.22. The van der Waals surface area contributed by atoms with Crippen LogP contribution in [0.1, 0.15) is 5.56 Å². The predicted octanol–water partition coefficient (Wildman–Crippen LogP) is 1.83. The Morgan fingerprint density at radius 2 is 1.85 bits per heavy atom. The third-order valence-electron chi connectivity index (χ3n) is 4.53. The number of nitrogens with one attached hydrogen (secondary N) is 1. The molecule has 2 aromatic rings. The molecule has 0 amide bonds. The molecule has 0 bridgehead atoms. The Bertz CT molecular complexity index is 869. The van der Waals surface area contributed by atoms with E-state index in [1.807, 2.05) is 0 Å². The lowest BCUT2D eigenvalue weighted by atomic mass is 9.89. The summed E-state index contributed by atoms with van der Waals surface area (Å²) in [7, 11) is 0. The molecule has 7 nitrogen and oxygen atoms in total. The summed E-state index contributed by atoms with van der Waals surface area (Å²) in [5, 5.41) is 3.28. The van der Waals surface area contributed by atoms with Gasteiger partial charge in [0.2, 0.25) is 0 Å². The molecule has 140 valence electrons. The number of morpholine rings is 1. The molecule has 0 spiro atoms. The molecule has 0 radical (unpaired) electrons. The average Bonchev–Trinajstić information content (AvgIpc) is 2.72. The molecule has 1 saturated heterocycles. The highest BCUT2D eigenvalue weighted by Gasteiger charge is 2.42. The summed E-state index contributed by atoms with van der Waals surface area (Å²) in [5.74, 6) is -1.12. The summed E-state index contributed by atoms with van der Waals surface area (Å²) < 4.78 is 32.6. The standard InChI is InChI=1S/C18H18F2N6O/c19-15-2-1-14(7-16(15)20)25-18(13-8-21-11-22-9-13)10-23-12-24-17(18)26-3-5-27-6-4-26/h1-2,7-11,25H,3-6,12H2. The summed E-state index contributed by atoms with van der Waals surface area (Å²) in [6, 6.07) is 3.67. The maximum Gasteiger partial charge on any atom is 0.160 e. The highest BCUT2D eigenvalue weighted by molar-refractivity contribution is 6.10. The Kier molecular flexibility index (Phi) is 4.76. The van der Waals surface area contributed by atoms with Crippen molar-refractivity contribution in [3.63, 3.8) is 0 Å². The van der Waals surface area contributed by atoms with Gasteiger partial charge in [-0.25, -0.2) is 23.7 Å². The molecular formula is C18H18F2N6O. The van der Waals surface area contributed by atoms with Crippen LogP contribution in [0.15, 0.2) is 46.9 Å². The maximum absolute atomic E-state index is 13.8. The fourth-order valence-corrected chi connectivity index (χ4v) is 3.26. The SMILES string of the molecule is Fc1ccc(NC2(c3cncnc3)C=NCN=C2N2CCOCC2)cc1F. The number of hydrogen-bond donors (Lipinski definition) is 1. The number of nitrogens with zero attached hydrogens (tertiary/aromatic N) is 5. The van der Waals surface area contributed by atoms with Gasteiger partial charge in [0.25, 0.3) is 0 Å². The molecule has 27 heavy (non-hydrogen) atoms. The van der Waals surface area contributed by atoms with E-state index in [2.05, 4.69) is 30.2 Å². The molecule has 1 atom stereocenters. The molecule has 1 fully saturated rings. The molecule has 2 aliphatic rings. The zero-order valence-electron chi connectivity index (χ0n) is 14.5. The van der Waals surface area contributed by atoms with Crippen LogP contribution in [0.3, 0.4) is 0 Å². The van der Waals surface area contributed by atoms with Crippen molar-refractivity contribution in [3.8, 4) is 0 Å². The van der Waals surface area contributed by atoms with Gasteiger partial charge in [-0.2, -0.15) is 0 Å². The molecule has 1 aromatic carbocycles. The fraction of sp³-hybridized carbons (Fsp3) is 0.333. The summed E-state index contributed by atoms with van der Waals surface area (Å²) in [6.07, 6.45) is 6.48. The number of aromatic nitrogens is 2. The van der Waals surface area contributed by atoms with Crippen molar-refractivity contribution in [2.24, 2.45) is 9.98 Å². The van der Waals surface area contributed by atoms with E-state index in [1.54, 1.807) is 18.6 Å². The van der Waals surface area contributed by atoms with Crippen LogP contribution in [0.25, 0.3) is 0 Å². The lowest BCUT2D eigenvalue weighted by molar-refractivity contribution is 0.0662. The first-order valence-corrected chi connectivity index (χ1v) is 8.56. The number of halogens is 2. The van der Waals surface area contributed by atoms with Gasteiger partial charge in [0.15, 0.2) is 17.2 Å². The van der Waals surface area contributed by atoms with Gasteiger partial charge in [-0.15, -0.1) is 0 Å². The molecule has 0 saturated carbocycles. The number of amidine groups is 1. The van der Waals surface area contributed by atoms with Crippen molar-refractivity contribution in [2.75, 3.05) is 38.3 Å². The van der Waals surface area contributed by atoms with E-state index in [4.69, 9.17) is 4.74 Å². The van der Waals surface area contributed by atoms with Crippen LogP contribution < -0.4 is 5.32 Å². The molecule has 1 unspecified atom stereocenters. The second kappa shape index (κ2) is 7.36. The average molecular weight is 372 g/mol. The van der Waals surface area contributed by atoms with Crippen molar-refractivity contribution < 1.29 is 13.5 Å². The first-order chi connectivity index (χ1) is 13.2. The van der Waals surface area contributed by atoms with E-state index in [-0.39, 0.29) is 0 Å². The van der Waals surface area contributed by atoms with E-state index in [9.17, 15) is 8.78 Å². The van der Waals surface area contributed by atoms with Crippen LogP contribution in [-0.2, 0) is 10.3 Å². The van der Waals surface area contributed by atoms with E-state index in [1.165, 1.54) is 12.4 Å². The molecule has 4 rings (SSSR count). The zero-order chi connectivity index (χ0) is 18.7. The summed E-state index contributed by atoms with van der Waals surface area (Å²) in [4.78, 5) is 19.3. The molecule has 1 N–H and O–H groups in total. The van der Waals surface area contributed by atoms with Crippen LogP contribution in [0.4, 0.5) is 14.5 Å². The normalized spacial score (nSPS) is 22.4. The number of aliphatic imine (C=N–C) groups is 2. The molecule has 3 heterocycles. The first kappa shape index (κ1) is 17.5. The predicted molar refractivity (Wildman–Crippen MR) is 96.9 cm³/mol. The minimum Gasteiger partial charge on any atom is -0.378 e. The van der Waals surface area contributed by atoms with Gasteiger partial charge in [-0.3, -0.25) is 4.99 Å². The van der Waals surface area contributed by atoms with Gasteiger partial charge >= 0.3 is 0 Å². The lowest BCUT2D eigenvalue weighted by Crippen LogP contribution is -2.56. The summed E-state index contributed by atoms with van der Waals surface area (Å²) >= 11 is 0. The lowest BCUT2D eigenvalue weighted by Gasteiger charge is -2.42. The molecule has 9 heteroatoms. The van der Waals surface area contributed by atoms with Crippen LogP contribution >= 0.6 is 0 Å². The first-order valence-electron chi connectivity index (χ1n) is 8.56. The molecular weight excluding hydrogens is 354 g/mol. The fourth-order valence-electron chi connectivity index (χ4n) is 3.26. The largest absolute Gasteiger partial charge is 0.378 e. The number of anilines is 1. The van der Waals surface area contributed by atoms with Gasteiger partial charge in [0.1, 0.15) is 18.8 Å². The third-order valence-corrected chi connectivity index (χ3v) is 4.53. The van der Waals surface area contributed by atoms with Gasteiger partial charge < -0.3 is 15.0 Å². The van der Waals surface area contributed by atoms with Crippen LogP contribution in [0.5, 0.6) is 0 Å². The van der Waals surface area contributed by atoms with Crippen molar-refractivity contribution >= 4 is 17.7 Å². The monoisotopic (exact) mass is 372 g/mol. The van der Waals surface area contributed by atoms with E-state index in [0.717, 1.165) is 18.0 Å². The van der Waals surface area contributed by atoms with E-state index < -0.39 is 17.2 Å². The number of hydrogen-bond acceptors (Lipinski definition) is 7. The van der Waals surface area contributed by atoms with Crippen LogP contribution in [0.2, 0.25) is 0 Å². The van der Waals surface area contributed by atoms with E-state index in [0.29, 0.717) is 44.2 Å². The van der Waals surface area contributed by atoms with E-state index >= 15 is 0 Å². The Balaban J connectivity index is 1.79. The smallest absolute Gasteiger partial charge is 0.160 e. The Hall–Kier alpha value is -2.94. The zero-order valence-corrected chi connectivity index (χ0v) is 14.5. The van der Waals surface area contributed by atoms with Crippen LogP contribution in [0, 0.1) is 11.6 Å². The topological polar surface area (TPSA) is 75.0 Å². The highest BCUT2D eigenvalue weighted by atomic mass is 19.2. The minimum atomic E-state index is -0.999. The summed E-state index contributed by atoms with van der Waals surface area (Å²) in [6.45, 7) is 2.80. The van der Waals surface area contributed by atoms with Crippen molar-refractivity contribution in [1.29, 1.82) is 0 Å². The number of ether oxygens (including phenoxy) is 1. The minimum absolute atomic E-state index is 0.293. The Morgan fingerprint density at radius 3 is 2.59 bits per heavy atom. The van der Waals surface area contributed by atoms with Crippen molar-refractivity contribution in [1.82, 2.24) is 14.9 Å². The summed E-state index contributed by atoms with van der Waals surface area (Å²) in [5.41, 5.74) is 0.0942. The van der Waals surface area contributed by atoms with Crippen LogP contribution in [-0.4, -0.2) is 59.9 Å². The number of benzene rings is 1. The molecule has 1 aromatic heterocycles. The van der Waals surface area contributed by atoms with Crippen molar-refractivity contribution in [3.05, 3.63) is 54.1 Å². The van der Waals surface area contributed by atoms with Gasteiger partial charge in [-0.05, 0) is 12.1 Å². The van der Waals surface area contributed by atoms with Crippen molar-refractivity contribution in [2.45, 2.75) is 5.54 Å². The maximum atomic E-state index is 13.8. The number of rotatable bonds is 3. The molecule has 2 aliphatic heterocycles. The highest BCUT2D eigenvalue weighted by Crippen LogP contribution is 2.30. The quantitative estimate of drug-likeness (QED) is 0.890. The third kappa shape index (κ3) is 3.37. The second-order valence-electron chi connectivity index (χ2n) is 6.22.